The fourth-order valence-electron chi connectivity index (χ4n) is 3.09. The smallest absolute Gasteiger partial charge is 0.238 e. The van der Waals surface area contributed by atoms with Crippen LogP contribution in [-0.2, 0) is 17.8 Å². The largest absolute Gasteiger partial charge is 0.353 e. The standard InChI is InChI=1S/C16H24N4O/c1-12-10-15(19-18-12)16(21)17-7-9-20-8-6-13-4-2-3-5-14(13)11-20/h2-5,12,15,18-19H,6-11H2,1H3,(H,17,21). The summed E-state index contributed by atoms with van der Waals surface area (Å²) in [5.74, 6) is 0.101. The summed E-state index contributed by atoms with van der Waals surface area (Å²) in [6.07, 6.45) is 1.96. The van der Waals surface area contributed by atoms with E-state index in [4.69, 9.17) is 0 Å². The van der Waals surface area contributed by atoms with E-state index in [0.717, 1.165) is 32.5 Å². The van der Waals surface area contributed by atoms with Gasteiger partial charge in [0.15, 0.2) is 0 Å². The van der Waals surface area contributed by atoms with Crippen LogP contribution in [-0.4, -0.2) is 42.5 Å². The third-order valence-corrected chi connectivity index (χ3v) is 4.35. The van der Waals surface area contributed by atoms with Gasteiger partial charge in [-0.1, -0.05) is 24.3 Å². The van der Waals surface area contributed by atoms with Crippen molar-refractivity contribution in [2.75, 3.05) is 19.6 Å². The Morgan fingerprint density at radius 3 is 2.90 bits per heavy atom. The fourth-order valence-corrected chi connectivity index (χ4v) is 3.09. The van der Waals surface area contributed by atoms with Gasteiger partial charge in [-0.3, -0.25) is 15.1 Å². The Labute approximate surface area is 126 Å². The van der Waals surface area contributed by atoms with E-state index in [1.165, 1.54) is 11.1 Å². The summed E-state index contributed by atoms with van der Waals surface area (Å²) in [6, 6.07) is 8.90. The van der Waals surface area contributed by atoms with Crippen molar-refractivity contribution < 1.29 is 4.79 Å². The number of hydrogen-bond acceptors (Lipinski definition) is 4. The molecular formula is C16H24N4O. The maximum atomic E-state index is 12.0. The molecule has 21 heavy (non-hydrogen) atoms. The highest BCUT2D eigenvalue weighted by Gasteiger charge is 2.26. The maximum Gasteiger partial charge on any atom is 0.238 e. The predicted octanol–water partition coefficient (Wildman–Crippen LogP) is 0.416. The molecule has 1 aromatic carbocycles. The zero-order valence-corrected chi connectivity index (χ0v) is 12.6. The molecule has 0 bridgehead atoms. The van der Waals surface area contributed by atoms with Crippen molar-refractivity contribution in [1.29, 1.82) is 0 Å². The first-order valence-electron chi connectivity index (χ1n) is 7.80. The van der Waals surface area contributed by atoms with Gasteiger partial charge in [0.05, 0.1) is 0 Å². The normalized spacial score (nSPS) is 25.6. The number of fused-ring (bicyclic) bond motifs is 1. The van der Waals surface area contributed by atoms with Crippen LogP contribution >= 0.6 is 0 Å². The number of hydrogen-bond donors (Lipinski definition) is 3. The summed E-state index contributed by atoms with van der Waals surface area (Å²) in [7, 11) is 0. The molecule has 0 radical (unpaired) electrons. The van der Waals surface area contributed by atoms with Gasteiger partial charge in [-0.25, -0.2) is 5.43 Å². The molecule has 1 amide bonds. The lowest BCUT2D eigenvalue weighted by Gasteiger charge is -2.28. The van der Waals surface area contributed by atoms with Gasteiger partial charge in [0.1, 0.15) is 6.04 Å². The average molecular weight is 288 g/mol. The van der Waals surface area contributed by atoms with E-state index < -0.39 is 0 Å². The molecule has 0 aromatic heterocycles. The lowest BCUT2D eigenvalue weighted by atomic mass is 10.00. The van der Waals surface area contributed by atoms with Gasteiger partial charge in [-0.15, -0.1) is 0 Å². The maximum absolute atomic E-state index is 12.0. The zero-order valence-electron chi connectivity index (χ0n) is 12.6. The Balaban J connectivity index is 1.41. The molecular weight excluding hydrogens is 264 g/mol. The van der Waals surface area contributed by atoms with Crippen molar-refractivity contribution in [3.05, 3.63) is 35.4 Å². The number of amides is 1. The molecule has 5 heteroatoms. The second-order valence-electron chi connectivity index (χ2n) is 6.06. The summed E-state index contributed by atoms with van der Waals surface area (Å²) in [5, 5.41) is 3.03. The van der Waals surface area contributed by atoms with Crippen LogP contribution in [0.4, 0.5) is 0 Å². The number of carbonyl (C=O) groups is 1. The number of benzene rings is 1. The second-order valence-corrected chi connectivity index (χ2v) is 6.06. The molecule has 2 aliphatic heterocycles. The molecule has 114 valence electrons. The number of rotatable bonds is 4. The molecule has 0 spiro atoms. The van der Waals surface area contributed by atoms with Crippen LogP contribution in [0.2, 0.25) is 0 Å². The van der Waals surface area contributed by atoms with Crippen LogP contribution in [0.1, 0.15) is 24.5 Å². The Hall–Kier alpha value is -1.43. The number of nitrogens with zero attached hydrogens (tertiary/aromatic N) is 1. The molecule has 1 aromatic rings. The van der Waals surface area contributed by atoms with E-state index in [9.17, 15) is 4.79 Å². The van der Waals surface area contributed by atoms with E-state index in [-0.39, 0.29) is 11.9 Å². The summed E-state index contributed by atoms with van der Waals surface area (Å²) in [5.41, 5.74) is 9.00. The van der Waals surface area contributed by atoms with Gasteiger partial charge < -0.3 is 5.32 Å². The summed E-state index contributed by atoms with van der Waals surface area (Å²) in [4.78, 5) is 14.4. The van der Waals surface area contributed by atoms with Gasteiger partial charge >= 0.3 is 0 Å². The van der Waals surface area contributed by atoms with Crippen molar-refractivity contribution in [1.82, 2.24) is 21.1 Å². The first kappa shape index (κ1) is 14.5. The van der Waals surface area contributed by atoms with Crippen molar-refractivity contribution in [3.63, 3.8) is 0 Å². The lowest BCUT2D eigenvalue weighted by Crippen LogP contribution is -2.45. The van der Waals surface area contributed by atoms with Crippen LogP contribution in [0, 0.1) is 0 Å². The van der Waals surface area contributed by atoms with Crippen LogP contribution in [0.15, 0.2) is 24.3 Å². The van der Waals surface area contributed by atoms with Crippen molar-refractivity contribution in [2.24, 2.45) is 0 Å². The monoisotopic (exact) mass is 288 g/mol. The molecule has 1 saturated heterocycles. The number of hydrazine groups is 1. The quantitative estimate of drug-likeness (QED) is 0.751. The molecule has 5 nitrogen and oxygen atoms in total. The first-order chi connectivity index (χ1) is 10.2. The molecule has 2 aliphatic rings. The highest BCUT2D eigenvalue weighted by Crippen LogP contribution is 2.17. The number of nitrogens with one attached hydrogen (secondary N) is 3. The zero-order chi connectivity index (χ0) is 14.7. The summed E-state index contributed by atoms with van der Waals surface area (Å²) in [6.45, 7) is 5.77. The Bertz CT molecular complexity index is 505. The summed E-state index contributed by atoms with van der Waals surface area (Å²) >= 11 is 0. The van der Waals surface area contributed by atoms with Crippen LogP contribution in [0.5, 0.6) is 0 Å². The summed E-state index contributed by atoms with van der Waals surface area (Å²) < 4.78 is 0. The fraction of sp³-hybridized carbons (Fsp3) is 0.562. The first-order valence-corrected chi connectivity index (χ1v) is 7.80. The van der Waals surface area contributed by atoms with E-state index in [2.05, 4.69) is 52.3 Å². The van der Waals surface area contributed by atoms with Crippen molar-refractivity contribution in [3.8, 4) is 0 Å². The van der Waals surface area contributed by atoms with E-state index >= 15 is 0 Å². The van der Waals surface area contributed by atoms with E-state index in [0.29, 0.717) is 12.6 Å². The van der Waals surface area contributed by atoms with Crippen LogP contribution in [0.3, 0.4) is 0 Å². The molecule has 0 saturated carbocycles. The van der Waals surface area contributed by atoms with Crippen LogP contribution in [0.25, 0.3) is 0 Å². The second kappa shape index (κ2) is 6.56. The topological polar surface area (TPSA) is 56.4 Å². The third kappa shape index (κ3) is 3.61. The molecule has 0 aliphatic carbocycles. The molecule has 2 atom stereocenters. The molecule has 3 rings (SSSR count). The Kier molecular flexibility index (Phi) is 4.53. The lowest BCUT2D eigenvalue weighted by molar-refractivity contribution is -0.122. The van der Waals surface area contributed by atoms with Gasteiger partial charge in [0.2, 0.25) is 5.91 Å². The van der Waals surface area contributed by atoms with E-state index in [1.807, 2.05) is 0 Å². The molecule has 2 unspecified atom stereocenters. The van der Waals surface area contributed by atoms with Crippen LogP contribution < -0.4 is 16.2 Å². The number of carbonyl (C=O) groups excluding carboxylic acids is 1. The molecule has 1 fully saturated rings. The van der Waals surface area contributed by atoms with Gasteiger partial charge in [0.25, 0.3) is 0 Å². The molecule has 3 N–H and O–H groups in total. The van der Waals surface area contributed by atoms with Gasteiger partial charge in [-0.05, 0) is 30.9 Å². The SMILES string of the molecule is CC1CC(C(=O)NCCN2CCc3ccccc3C2)NN1. The highest BCUT2D eigenvalue weighted by atomic mass is 16.2. The minimum absolute atomic E-state index is 0.0953. The average Bonchev–Trinajstić information content (AvgIpc) is 2.94. The van der Waals surface area contributed by atoms with E-state index in [1.54, 1.807) is 0 Å². The minimum Gasteiger partial charge on any atom is -0.353 e. The van der Waals surface area contributed by atoms with Crippen molar-refractivity contribution >= 4 is 5.91 Å². The predicted molar refractivity (Wildman–Crippen MR) is 82.6 cm³/mol. The van der Waals surface area contributed by atoms with Gasteiger partial charge in [0, 0.05) is 32.2 Å². The molecule has 2 heterocycles. The Morgan fingerprint density at radius 1 is 1.33 bits per heavy atom. The Morgan fingerprint density at radius 2 is 2.14 bits per heavy atom. The highest BCUT2D eigenvalue weighted by molar-refractivity contribution is 5.82. The minimum atomic E-state index is -0.0953. The van der Waals surface area contributed by atoms with Gasteiger partial charge in [-0.2, -0.15) is 0 Å². The third-order valence-electron chi connectivity index (χ3n) is 4.35. The van der Waals surface area contributed by atoms with Crippen molar-refractivity contribution in [2.45, 2.75) is 38.4 Å².